The summed E-state index contributed by atoms with van der Waals surface area (Å²) in [5.41, 5.74) is -0.211. The molecule has 0 spiro atoms. The van der Waals surface area contributed by atoms with E-state index in [-0.39, 0.29) is 11.2 Å². The number of ether oxygens (including phenoxy) is 1. The summed E-state index contributed by atoms with van der Waals surface area (Å²) in [6.07, 6.45) is 1.68. The second-order valence-electron chi connectivity index (χ2n) is 4.32. The summed E-state index contributed by atoms with van der Waals surface area (Å²) in [6.45, 7) is 2.79. The van der Waals surface area contributed by atoms with E-state index in [1.807, 2.05) is 0 Å². The first-order chi connectivity index (χ1) is 5.33. The SMILES string of the molecule is CC12COC(CS(=O)(=O)Cl)(C1)C2. The third-order valence-electron chi connectivity index (χ3n) is 2.66. The molecule has 0 radical (unpaired) electrons. The number of hydrogen-bond donors (Lipinski definition) is 0. The Morgan fingerprint density at radius 2 is 2.08 bits per heavy atom. The van der Waals surface area contributed by atoms with Crippen LogP contribution in [0.4, 0.5) is 0 Å². The Balaban J connectivity index is 2.09. The van der Waals surface area contributed by atoms with Gasteiger partial charge < -0.3 is 4.74 Å². The van der Waals surface area contributed by atoms with Crippen LogP contribution in [0.5, 0.6) is 0 Å². The third kappa shape index (κ3) is 1.36. The minimum Gasteiger partial charge on any atom is -0.373 e. The van der Waals surface area contributed by atoms with Crippen LogP contribution in [0.2, 0.25) is 0 Å². The van der Waals surface area contributed by atoms with Crippen molar-refractivity contribution < 1.29 is 13.2 Å². The molecule has 1 saturated carbocycles. The molecule has 0 amide bonds. The summed E-state index contributed by atoms with van der Waals surface area (Å²) >= 11 is 0. The van der Waals surface area contributed by atoms with Crippen molar-refractivity contribution in [2.75, 3.05) is 12.4 Å². The minimum absolute atomic E-state index is 0.0306. The van der Waals surface area contributed by atoms with Crippen molar-refractivity contribution in [1.82, 2.24) is 0 Å². The monoisotopic (exact) mass is 210 g/mol. The fourth-order valence-electron chi connectivity index (χ4n) is 2.49. The Hall–Kier alpha value is 0.200. The first-order valence-electron chi connectivity index (χ1n) is 3.89. The number of rotatable bonds is 2. The van der Waals surface area contributed by atoms with Crippen LogP contribution in [0.3, 0.4) is 0 Å². The molecule has 0 aromatic rings. The molecule has 12 heavy (non-hydrogen) atoms. The molecule has 3 nitrogen and oxygen atoms in total. The molecule has 1 aliphatic carbocycles. The lowest BCUT2D eigenvalue weighted by Crippen LogP contribution is -2.46. The van der Waals surface area contributed by atoms with Gasteiger partial charge in [-0.1, -0.05) is 6.92 Å². The van der Waals surface area contributed by atoms with E-state index in [0.717, 1.165) is 12.8 Å². The lowest BCUT2D eigenvalue weighted by atomic mass is 9.65. The van der Waals surface area contributed by atoms with Crippen LogP contribution in [0.25, 0.3) is 0 Å². The maximum Gasteiger partial charge on any atom is 0.235 e. The quantitative estimate of drug-likeness (QED) is 0.642. The van der Waals surface area contributed by atoms with Gasteiger partial charge in [0.25, 0.3) is 0 Å². The molecule has 2 saturated heterocycles. The zero-order valence-electron chi connectivity index (χ0n) is 6.84. The Morgan fingerprint density at radius 3 is 2.42 bits per heavy atom. The predicted octanol–water partition coefficient (Wildman–Crippen LogP) is 1.12. The standard InChI is InChI=1S/C7H11ClO3S/c1-6-2-7(3-6,11-4-6)5-12(8,9)10/h2-5H2,1H3. The van der Waals surface area contributed by atoms with Gasteiger partial charge in [-0.15, -0.1) is 0 Å². The van der Waals surface area contributed by atoms with Crippen LogP contribution in [0.1, 0.15) is 19.8 Å². The van der Waals surface area contributed by atoms with Gasteiger partial charge in [0.2, 0.25) is 9.05 Å². The van der Waals surface area contributed by atoms with Gasteiger partial charge in [0, 0.05) is 10.7 Å². The van der Waals surface area contributed by atoms with E-state index in [0.29, 0.717) is 6.61 Å². The second kappa shape index (κ2) is 2.16. The van der Waals surface area contributed by atoms with Gasteiger partial charge in [-0.3, -0.25) is 0 Å². The van der Waals surface area contributed by atoms with Crippen molar-refractivity contribution in [3.8, 4) is 0 Å². The summed E-state index contributed by atoms with van der Waals surface area (Å²) in [7, 11) is 1.76. The summed E-state index contributed by atoms with van der Waals surface area (Å²) in [4.78, 5) is 0. The topological polar surface area (TPSA) is 43.4 Å². The smallest absolute Gasteiger partial charge is 0.235 e. The highest BCUT2D eigenvalue weighted by atomic mass is 35.7. The molecule has 5 heteroatoms. The maximum absolute atomic E-state index is 10.8. The van der Waals surface area contributed by atoms with Crippen molar-refractivity contribution in [3.05, 3.63) is 0 Å². The molecule has 0 unspecified atom stereocenters. The van der Waals surface area contributed by atoms with E-state index in [4.69, 9.17) is 15.4 Å². The van der Waals surface area contributed by atoms with Crippen LogP contribution >= 0.6 is 10.7 Å². The number of hydrogen-bond acceptors (Lipinski definition) is 3. The fraction of sp³-hybridized carbons (Fsp3) is 1.00. The van der Waals surface area contributed by atoms with E-state index in [1.54, 1.807) is 0 Å². The van der Waals surface area contributed by atoms with Crippen molar-refractivity contribution in [3.63, 3.8) is 0 Å². The van der Waals surface area contributed by atoms with Crippen molar-refractivity contribution in [2.24, 2.45) is 5.41 Å². The van der Waals surface area contributed by atoms with Gasteiger partial charge in [-0.2, -0.15) is 0 Å². The van der Waals surface area contributed by atoms with E-state index in [1.165, 1.54) is 0 Å². The Kier molecular flexibility index (Phi) is 1.58. The molecule has 0 aromatic heterocycles. The lowest BCUT2D eigenvalue weighted by Gasteiger charge is -2.41. The molecule has 2 bridgehead atoms. The van der Waals surface area contributed by atoms with Crippen molar-refractivity contribution in [1.29, 1.82) is 0 Å². The molecular formula is C7H11ClO3S. The maximum atomic E-state index is 10.8. The van der Waals surface area contributed by atoms with Crippen LogP contribution in [0, 0.1) is 5.41 Å². The summed E-state index contributed by atoms with van der Waals surface area (Å²) < 4.78 is 27.0. The Morgan fingerprint density at radius 1 is 1.50 bits per heavy atom. The van der Waals surface area contributed by atoms with Crippen molar-refractivity contribution in [2.45, 2.75) is 25.4 Å². The highest BCUT2D eigenvalue weighted by Crippen LogP contribution is 2.58. The van der Waals surface area contributed by atoms with Crippen molar-refractivity contribution >= 4 is 19.7 Å². The Labute approximate surface area is 76.5 Å². The van der Waals surface area contributed by atoms with Gasteiger partial charge in [-0.05, 0) is 18.3 Å². The molecule has 3 rings (SSSR count). The fourth-order valence-corrected chi connectivity index (χ4v) is 4.01. The first-order valence-corrected chi connectivity index (χ1v) is 6.37. The largest absolute Gasteiger partial charge is 0.373 e. The van der Waals surface area contributed by atoms with Gasteiger partial charge in [-0.25, -0.2) is 8.42 Å². The predicted molar refractivity (Wildman–Crippen MR) is 45.7 cm³/mol. The molecule has 0 N–H and O–H groups in total. The first kappa shape index (κ1) is 8.78. The molecule has 2 aliphatic heterocycles. The summed E-state index contributed by atoms with van der Waals surface area (Å²) in [5, 5.41) is 0. The van der Waals surface area contributed by atoms with Crippen LogP contribution < -0.4 is 0 Å². The third-order valence-corrected chi connectivity index (χ3v) is 3.86. The second-order valence-corrected chi connectivity index (χ2v) is 7.10. The van der Waals surface area contributed by atoms with Gasteiger partial charge in [0.05, 0.1) is 18.0 Å². The van der Waals surface area contributed by atoms with E-state index in [2.05, 4.69) is 6.92 Å². The molecule has 2 heterocycles. The summed E-state index contributed by atoms with van der Waals surface area (Å²) in [5.74, 6) is -0.0306. The lowest BCUT2D eigenvalue weighted by molar-refractivity contribution is 0.0107. The molecule has 70 valence electrons. The summed E-state index contributed by atoms with van der Waals surface area (Å²) in [6, 6.07) is 0. The van der Waals surface area contributed by atoms with Crippen LogP contribution in [-0.2, 0) is 13.8 Å². The number of halogens is 1. The molecular weight excluding hydrogens is 200 g/mol. The number of fused-ring (bicyclic) bond motifs is 1. The minimum atomic E-state index is -3.41. The van der Waals surface area contributed by atoms with Crippen LogP contribution in [0.15, 0.2) is 0 Å². The molecule has 0 aromatic carbocycles. The Bertz CT molecular complexity index is 303. The zero-order chi connectivity index (χ0) is 9.04. The van der Waals surface area contributed by atoms with E-state index in [9.17, 15) is 8.42 Å². The van der Waals surface area contributed by atoms with Crippen LogP contribution in [-0.4, -0.2) is 26.4 Å². The average Bonchev–Trinajstić information content (AvgIpc) is 2.13. The normalized spacial score (nSPS) is 45.8. The molecule has 3 aliphatic rings. The highest BCUT2D eigenvalue weighted by molar-refractivity contribution is 8.13. The molecule has 3 fully saturated rings. The highest BCUT2D eigenvalue weighted by Gasteiger charge is 2.60. The van der Waals surface area contributed by atoms with Gasteiger partial charge in [0.1, 0.15) is 0 Å². The average molecular weight is 211 g/mol. The molecule has 0 atom stereocenters. The van der Waals surface area contributed by atoms with Gasteiger partial charge >= 0.3 is 0 Å². The van der Waals surface area contributed by atoms with E-state index >= 15 is 0 Å². The van der Waals surface area contributed by atoms with E-state index < -0.39 is 14.7 Å². The van der Waals surface area contributed by atoms with Gasteiger partial charge in [0.15, 0.2) is 0 Å². The zero-order valence-corrected chi connectivity index (χ0v) is 8.41.